The summed E-state index contributed by atoms with van der Waals surface area (Å²) in [5, 5.41) is 4.57. The van der Waals surface area contributed by atoms with E-state index >= 15 is 0 Å². The zero-order valence-corrected chi connectivity index (χ0v) is 18.4. The molecule has 1 N–H and O–H groups in total. The fourth-order valence-corrected chi connectivity index (χ4v) is 5.62. The molecule has 0 saturated carbocycles. The quantitative estimate of drug-likeness (QED) is 0.668. The predicted octanol–water partition coefficient (Wildman–Crippen LogP) is 3.47. The minimum Gasteiger partial charge on any atom is -0.367 e. The summed E-state index contributed by atoms with van der Waals surface area (Å²) in [7, 11) is 4.38. The second kappa shape index (κ2) is 8.48. The number of likely N-dealkylation sites (tertiary alicyclic amines) is 1. The number of hydrogen-bond donors (Lipinski definition) is 1. The third kappa shape index (κ3) is 4.00. The Kier molecular flexibility index (Phi) is 5.55. The van der Waals surface area contributed by atoms with Gasteiger partial charge in [0.1, 0.15) is 6.61 Å². The van der Waals surface area contributed by atoms with Crippen molar-refractivity contribution in [2.75, 3.05) is 26.7 Å². The summed E-state index contributed by atoms with van der Waals surface area (Å²) in [4.78, 5) is 14.8. The van der Waals surface area contributed by atoms with E-state index in [0.717, 1.165) is 24.9 Å². The van der Waals surface area contributed by atoms with E-state index in [9.17, 15) is 4.79 Å². The highest BCUT2D eigenvalue weighted by Crippen LogP contribution is 2.44. The van der Waals surface area contributed by atoms with Crippen molar-refractivity contribution in [2.45, 2.75) is 31.4 Å². The van der Waals surface area contributed by atoms with Crippen molar-refractivity contribution in [2.24, 2.45) is 13.0 Å². The molecule has 1 aliphatic heterocycles. The van der Waals surface area contributed by atoms with Crippen LogP contribution in [0.15, 0.2) is 54.7 Å². The molecule has 0 bridgehead atoms. The van der Waals surface area contributed by atoms with Gasteiger partial charge in [-0.05, 0) is 48.6 Å². The van der Waals surface area contributed by atoms with E-state index < -0.39 is 0 Å². The number of ether oxygens (including phenoxy) is 1. The molecule has 0 radical (unpaired) electrons. The van der Waals surface area contributed by atoms with Crippen LogP contribution in [0, 0.1) is 5.92 Å². The Morgan fingerprint density at radius 3 is 2.81 bits per heavy atom. The van der Waals surface area contributed by atoms with Gasteiger partial charge in [-0.15, -0.1) is 0 Å². The highest BCUT2D eigenvalue weighted by molar-refractivity contribution is 5.89. The molecular formula is C26H31N3O2. The molecule has 31 heavy (non-hydrogen) atoms. The van der Waals surface area contributed by atoms with Crippen molar-refractivity contribution in [1.29, 1.82) is 0 Å². The van der Waals surface area contributed by atoms with Gasteiger partial charge < -0.3 is 19.5 Å². The molecule has 1 amide bonds. The summed E-state index contributed by atoms with van der Waals surface area (Å²) in [5.74, 6) is 0.940. The van der Waals surface area contributed by atoms with E-state index in [1.807, 2.05) is 30.3 Å². The molecule has 5 heteroatoms. The topological polar surface area (TPSA) is 46.5 Å². The molecule has 3 atom stereocenters. The molecule has 5 nitrogen and oxygen atoms in total. The van der Waals surface area contributed by atoms with Gasteiger partial charge >= 0.3 is 0 Å². The second-order valence-electron chi connectivity index (χ2n) is 9.21. The Labute approximate surface area is 184 Å². The molecule has 0 spiro atoms. The maximum atomic E-state index is 12.3. The van der Waals surface area contributed by atoms with Crippen LogP contribution in [0.3, 0.4) is 0 Å². The molecule has 162 valence electrons. The van der Waals surface area contributed by atoms with Gasteiger partial charge in [-0.25, -0.2) is 0 Å². The van der Waals surface area contributed by atoms with Gasteiger partial charge in [0.15, 0.2) is 0 Å². The Bertz CT molecular complexity index is 1070. The molecule has 0 unspecified atom stereocenters. The first-order valence-electron chi connectivity index (χ1n) is 11.3. The second-order valence-corrected chi connectivity index (χ2v) is 9.21. The van der Waals surface area contributed by atoms with E-state index in [4.69, 9.17) is 4.74 Å². The molecule has 1 aromatic heterocycles. The first-order chi connectivity index (χ1) is 15.1. The van der Waals surface area contributed by atoms with Crippen molar-refractivity contribution in [3.8, 4) is 0 Å². The number of rotatable bonds is 6. The number of aryl methyl sites for hydroxylation is 1. The van der Waals surface area contributed by atoms with Crippen LogP contribution >= 0.6 is 0 Å². The lowest BCUT2D eigenvalue weighted by Crippen LogP contribution is -2.50. The van der Waals surface area contributed by atoms with Crippen LogP contribution in [0.5, 0.6) is 0 Å². The van der Waals surface area contributed by atoms with E-state index in [2.05, 4.69) is 53.3 Å². The highest BCUT2D eigenvalue weighted by Gasteiger charge is 2.39. The number of likely N-dealkylation sites (N-methyl/N-ethyl adjacent to an activating group) is 1. The zero-order chi connectivity index (χ0) is 21.4. The van der Waals surface area contributed by atoms with E-state index in [1.165, 1.54) is 22.0 Å². The normalized spacial score (nSPS) is 23.0. The first-order valence-corrected chi connectivity index (χ1v) is 11.3. The first kappa shape index (κ1) is 20.3. The summed E-state index contributed by atoms with van der Waals surface area (Å²) >= 11 is 0. The maximum Gasteiger partial charge on any atom is 0.246 e. The lowest BCUT2D eigenvalue weighted by molar-refractivity contribution is -0.126. The van der Waals surface area contributed by atoms with Crippen molar-refractivity contribution in [1.82, 2.24) is 14.8 Å². The fourth-order valence-electron chi connectivity index (χ4n) is 5.62. The van der Waals surface area contributed by atoms with Crippen molar-refractivity contribution in [3.63, 3.8) is 0 Å². The van der Waals surface area contributed by atoms with Gasteiger partial charge in [0.05, 0.1) is 6.61 Å². The zero-order valence-electron chi connectivity index (χ0n) is 18.4. The van der Waals surface area contributed by atoms with Gasteiger partial charge in [-0.3, -0.25) is 4.79 Å². The molecule has 1 aliphatic carbocycles. The van der Waals surface area contributed by atoms with Crippen molar-refractivity contribution in [3.05, 3.63) is 71.4 Å². The largest absolute Gasteiger partial charge is 0.367 e. The Morgan fingerprint density at radius 2 is 1.97 bits per heavy atom. The van der Waals surface area contributed by atoms with Crippen LogP contribution in [0.25, 0.3) is 10.9 Å². The average molecular weight is 418 g/mol. The maximum absolute atomic E-state index is 12.3. The number of fused-ring (bicyclic) bond motifs is 2. The number of nitrogens with zero attached hydrogens (tertiary/aromatic N) is 2. The molecule has 2 aromatic carbocycles. The molecule has 2 heterocycles. The van der Waals surface area contributed by atoms with E-state index in [0.29, 0.717) is 31.0 Å². The lowest BCUT2D eigenvalue weighted by atomic mass is 9.72. The molecular weight excluding hydrogens is 386 g/mol. The number of piperidine rings is 1. The Morgan fingerprint density at radius 1 is 1.13 bits per heavy atom. The van der Waals surface area contributed by atoms with E-state index in [-0.39, 0.29) is 12.5 Å². The summed E-state index contributed by atoms with van der Waals surface area (Å²) in [6, 6.07) is 17.2. The average Bonchev–Trinajstić information content (AvgIpc) is 3.10. The van der Waals surface area contributed by atoms with Crippen LogP contribution < -0.4 is 5.32 Å². The van der Waals surface area contributed by atoms with E-state index in [1.54, 1.807) is 0 Å². The number of aromatic nitrogens is 1. The molecule has 1 fully saturated rings. The summed E-state index contributed by atoms with van der Waals surface area (Å²) < 4.78 is 7.85. The van der Waals surface area contributed by atoms with Crippen LogP contribution in [0.1, 0.15) is 29.0 Å². The van der Waals surface area contributed by atoms with Crippen LogP contribution in [0.2, 0.25) is 0 Å². The minimum atomic E-state index is -0.0307. The van der Waals surface area contributed by atoms with Crippen LogP contribution in [0.4, 0.5) is 0 Å². The standard InChI is InChI=1S/C26H31N3O2/c1-28-14-19(13-27-25(30)17-31-16-18-7-4-3-5-8-18)11-22-21-9-6-10-23-26(21)20(12-24(22)28)15-29(23)2/h3-10,15,19,22,24H,11-14,16-17H2,1-2H3,(H,27,30)/t19-,22+,24+/m0/s1. The summed E-state index contributed by atoms with van der Waals surface area (Å²) in [6.45, 7) is 2.30. The van der Waals surface area contributed by atoms with Gasteiger partial charge in [-0.2, -0.15) is 0 Å². The third-order valence-corrected chi connectivity index (χ3v) is 7.05. The predicted molar refractivity (Wildman–Crippen MR) is 123 cm³/mol. The molecule has 5 rings (SSSR count). The fraction of sp³-hybridized carbons (Fsp3) is 0.423. The number of carbonyl (C=O) groups excluding carboxylic acids is 1. The van der Waals surface area contributed by atoms with Crippen molar-refractivity contribution >= 4 is 16.8 Å². The number of hydrogen-bond acceptors (Lipinski definition) is 3. The monoisotopic (exact) mass is 417 g/mol. The molecule has 1 saturated heterocycles. The SMILES string of the molecule is CN1C[C@H](CNC(=O)COCc2ccccc2)C[C@@H]2c3cccc4c3c(cn4C)C[C@H]21. The van der Waals surface area contributed by atoms with Gasteiger partial charge in [0.2, 0.25) is 5.91 Å². The van der Waals surface area contributed by atoms with Gasteiger partial charge in [0.25, 0.3) is 0 Å². The highest BCUT2D eigenvalue weighted by atomic mass is 16.5. The minimum absolute atomic E-state index is 0.0307. The smallest absolute Gasteiger partial charge is 0.246 e. The van der Waals surface area contributed by atoms with Gasteiger partial charge in [0, 0.05) is 49.2 Å². The number of amides is 1. The summed E-state index contributed by atoms with van der Waals surface area (Å²) in [6.07, 6.45) is 4.54. The number of carbonyl (C=O) groups is 1. The lowest BCUT2D eigenvalue weighted by Gasteiger charge is -2.45. The number of benzene rings is 2. The summed E-state index contributed by atoms with van der Waals surface area (Å²) in [5.41, 5.74) is 5.38. The molecule has 3 aromatic rings. The molecule has 2 aliphatic rings. The Hall–Kier alpha value is -2.63. The third-order valence-electron chi connectivity index (χ3n) is 7.05. The van der Waals surface area contributed by atoms with Gasteiger partial charge in [-0.1, -0.05) is 42.5 Å². The van der Waals surface area contributed by atoms with Crippen LogP contribution in [-0.2, 0) is 29.6 Å². The Balaban J connectivity index is 1.20. The van der Waals surface area contributed by atoms with Crippen molar-refractivity contribution < 1.29 is 9.53 Å². The van der Waals surface area contributed by atoms with Crippen LogP contribution in [-0.4, -0.2) is 48.2 Å². The number of nitrogens with one attached hydrogen (secondary N) is 1.